The molecule has 5 rings (SSSR count). The van der Waals surface area contributed by atoms with E-state index >= 15 is 0 Å². The summed E-state index contributed by atoms with van der Waals surface area (Å²) in [4.78, 5) is 13.1. The van der Waals surface area contributed by atoms with Crippen LogP contribution in [0.3, 0.4) is 0 Å². The SMILES string of the molecule is C=CC(c1c(-c2ccc(OC)cc2)oc(=O)c2ccccc12)C(c1ccccc1)c1ccccc1. The third-order valence-corrected chi connectivity index (χ3v) is 6.49. The summed E-state index contributed by atoms with van der Waals surface area (Å²) in [6.45, 7) is 4.26. The van der Waals surface area contributed by atoms with Gasteiger partial charge in [0.25, 0.3) is 0 Å². The summed E-state index contributed by atoms with van der Waals surface area (Å²) in [7, 11) is 1.63. The highest BCUT2D eigenvalue weighted by Gasteiger charge is 2.30. The first kappa shape index (κ1) is 22.4. The van der Waals surface area contributed by atoms with Gasteiger partial charge in [0.2, 0.25) is 0 Å². The summed E-state index contributed by atoms with van der Waals surface area (Å²) < 4.78 is 11.4. The van der Waals surface area contributed by atoms with Crippen LogP contribution in [0.25, 0.3) is 22.1 Å². The summed E-state index contributed by atoms with van der Waals surface area (Å²) in [5, 5.41) is 1.43. The van der Waals surface area contributed by atoms with E-state index in [4.69, 9.17) is 9.15 Å². The monoisotopic (exact) mass is 458 g/mol. The Labute approximate surface area is 204 Å². The van der Waals surface area contributed by atoms with Gasteiger partial charge in [0.1, 0.15) is 11.5 Å². The van der Waals surface area contributed by atoms with Crippen molar-refractivity contribution in [3.8, 4) is 17.1 Å². The first-order valence-electron chi connectivity index (χ1n) is 11.6. The number of methoxy groups -OCH3 is 1. The Balaban J connectivity index is 1.82. The number of ether oxygens (including phenoxy) is 1. The molecule has 35 heavy (non-hydrogen) atoms. The van der Waals surface area contributed by atoms with Crippen LogP contribution in [0.4, 0.5) is 0 Å². The van der Waals surface area contributed by atoms with E-state index in [0.29, 0.717) is 11.1 Å². The normalized spacial score (nSPS) is 11.9. The lowest BCUT2D eigenvalue weighted by Crippen LogP contribution is -2.15. The van der Waals surface area contributed by atoms with Gasteiger partial charge in [0.05, 0.1) is 12.5 Å². The fourth-order valence-electron chi connectivity index (χ4n) is 4.86. The molecule has 5 aromatic rings. The predicted molar refractivity (Wildman–Crippen MR) is 142 cm³/mol. The van der Waals surface area contributed by atoms with Crippen molar-refractivity contribution in [1.29, 1.82) is 0 Å². The van der Waals surface area contributed by atoms with Gasteiger partial charge in [-0.1, -0.05) is 84.9 Å². The zero-order valence-electron chi connectivity index (χ0n) is 19.6. The molecule has 0 radical (unpaired) electrons. The third-order valence-electron chi connectivity index (χ3n) is 6.49. The minimum Gasteiger partial charge on any atom is -0.497 e. The zero-order chi connectivity index (χ0) is 24.2. The number of fused-ring (bicyclic) bond motifs is 1. The Morgan fingerprint density at radius 1 is 0.743 bits per heavy atom. The second kappa shape index (κ2) is 9.86. The molecule has 0 amide bonds. The molecule has 0 N–H and O–H groups in total. The maximum Gasteiger partial charge on any atom is 0.344 e. The maximum atomic E-state index is 13.1. The zero-order valence-corrected chi connectivity index (χ0v) is 19.6. The van der Waals surface area contributed by atoms with Gasteiger partial charge in [-0.3, -0.25) is 0 Å². The number of hydrogen-bond acceptors (Lipinski definition) is 3. The van der Waals surface area contributed by atoms with Gasteiger partial charge < -0.3 is 9.15 Å². The van der Waals surface area contributed by atoms with Crippen molar-refractivity contribution in [2.24, 2.45) is 0 Å². The van der Waals surface area contributed by atoms with E-state index in [1.807, 2.05) is 66.7 Å². The smallest absolute Gasteiger partial charge is 0.344 e. The predicted octanol–water partition coefficient (Wildman–Crippen LogP) is 7.57. The van der Waals surface area contributed by atoms with Gasteiger partial charge in [-0.2, -0.15) is 0 Å². The molecule has 172 valence electrons. The Hall–Kier alpha value is -4.37. The van der Waals surface area contributed by atoms with Crippen molar-refractivity contribution in [2.45, 2.75) is 11.8 Å². The lowest BCUT2D eigenvalue weighted by atomic mass is 9.75. The molecule has 3 heteroatoms. The molecular weight excluding hydrogens is 432 g/mol. The number of benzene rings is 4. The molecule has 0 fully saturated rings. The highest BCUT2D eigenvalue weighted by molar-refractivity contribution is 5.90. The van der Waals surface area contributed by atoms with Crippen molar-refractivity contribution in [3.05, 3.63) is 149 Å². The summed E-state index contributed by atoms with van der Waals surface area (Å²) >= 11 is 0. The lowest BCUT2D eigenvalue weighted by Gasteiger charge is -2.28. The standard InChI is InChI=1S/C32H26O3/c1-3-26(29(22-12-6-4-7-13-22)23-14-8-5-9-15-23)30-27-16-10-11-17-28(27)32(33)35-31(30)24-18-20-25(34-2)21-19-24/h3-21,26,29H,1H2,2H3. The van der Waals surface area contributed by atoms with Crippen LogP contribution >= 0.6 is 0 Å². The largest absolute Gasteiger partial charge is 0.497 e. The molecule has 0 aliphatic carbocycles. The second-order valence-corrected chi connectivity index (χ2v) is 8.47. The minimum atomic E-state index is -0.353. The van der Waals surface area contributed by atoms with Crippen LogP contribution in [0.5, 0.6) is 5.75 Å². The molecule has 0 spiro atoms. The minimum absolute atomic E-state index is 0.0250. The first-order chi connectivity index (χ1) is 17.2. The van der Waals surface area contributed by atoms with Crippen LogP contribution in [0.1, 0.15) is 28.5 Å². The molecule has 1 heterocycles. The molecule has 1 aromatic heterocycles. The second-order valence-electron chi connectivity index (χ2n) is 8.47. The summed E-state index contributed by atoms with van der Waals surface area (Å²) in [5.41, 5.74) is 3.74. The topological polar surface area (TPSA) is 39.4 Å². The van der Waals surface area contributed by atoms with Crippen molar-refractivity contribution >= 4 is 10.8 Å². The molecular formula is C32H26O3. The van der Waals surface area contributed by atoms with E-state index in [2.05, 4.69) is 55.1 Å². The van der Waals surface area contributed by atoms with Crippen molar-refractivity contribution in [2.75, 3.05) is 7.11 Å². The Morgan fingerprint density at radius 3 is 1.83 bits per heavy atom. The van der Waals surface area contributed by atoms with Gasteiger partial charge >= 0.3 is 5.63 Å². The molecule has 0 aliphatic rings. The Morgan fingerprint density at radius 2 is 1.29 bits per heavy atom. The molecule has 0 saturated heterocycles. The van der Waals surface area contributed by atoms with Crippen LogP contribution in [-0.2, 0) is 0 Å². The van der Waals surface area contributed by atoms with E-state index in [1.54, 1.807) is 7.11 Å². The fraction of sp³-hybridized carbons (Fsp3) is 0.0938. The van der Waals surface area contributed by atoms with Crippen LogP contribution in [0.2, 0.25) is 0 Å². The number of rotatable bonds is 7. The van der Waals surface area contributed by atoms with Crippen molar-refractivity contribution in [1.82, 2.24) is 0 Å². The Kier molecular flexibility index (Phi) is 6.32. The molecule has 0 saturated carbocycles. The summed E-state index contributed by atoms with van der Waals surface area (Å²) in [6.07, 6.45) is 1.97. The van der Waals surface area contributed by atoms with Gasteiger partial charge in [0.15, 0.2) is 0 Å². The maximum absolute atomic E-state index is 13.1. The lowest BCUT2D eigenvalue weighted by molar-refractivity contribution is 0.415. The van der Waals surface area contributed by atoms with Crippen LogP contribution in [0.15, 0.2) is 131 Å². The highest BCUT2D eigenvalue weighted by atomic mass is 16.5. The molecule has 0 bridgehead atoms. The molecule has 3 nitrogen and oxygen atoms in total. The van der Waals surface area contributed by atoms with E-state index in [0.717, 1.165) is 22.3 Å². The molecule has 1 atom stereocenters. The van der Waals surface area contributed by atoms with E-state index in [-0.39, 0.29) is 17.5 Å². The van der Waals surface area contributed by atoms with Crippen LogP contribution < -0.4 is 10.4 Å². The molecule has 0 aliphatic heterocycles. The van der Waals surface area contributed by atoms with Crippen LogP contribution in [-0.4, -0.2) is 7.11 Å². The molecule has 4 aromatic carbocycles. The van der Waals surface area contributed by atoms with E-state index in [9.17, 15) is 4.79 Å². The first-order valence-corrected chi connectivity index (χ1v) is 11.6. The van der Waals surface area contributed by atoms with Gasteiger partial charge in [-0.05, 0) is 46.8 Å². The average Bonchev–Trinajstić information content (AvgIpc) is 2.93. The third kappa shape index (κ3) is 4.29. The van der Waals surface area contributed by atoms with E-state index < -0.39 is 0 Å². The number of hydrogen-bond donors (Lipinski definition) is 0. The summed E-state index contributed by atoms with van der Waals surface area (Å²) in [6, 6.07) is 36.1. The highest BCUT2D eigenvalue weighted by Crippen LogP contribution is 2.45. The van der Waals surface area contributed by atoms with E-state index in [1.165, 1.54) is 11.1 Å². The van der Waals surface area contributed by atoms with Crippen LogP contribution in [0, 0.1) is 0 Å². The van der Waals surface area contributed by atoms with Crippen molar-refractivity contribution < 1.29 is 9.15 Å². The summed E-state index contributed by atoms with van der Waals surface area (Å²) in [5.74, 6) is 1.11. The van der Waals surface area contributed by atoms with Gasteiger partial charge in [-0.15, -0.1) is 6.58 Å². The fourth-order valence-corrected chi connectivity index (χ4v) is 4.86. The van der Waals surface area contributed by atoms with Gasteiger partial charge in [-0.25, -0.2) is 4.79 Å². The van der Waals surface area contributed by atoms with Gasteiger partial charge in [0, 0.05) is 23.0 Å². The Bertz CT molecular complexity index is 1460. The quantitative estimate of drug-likeness (QED) is 0.236. The average molecular weight is 459 g/mol. The number of allylic oxidation sites excluding steroid dienone is 1. The molecule has 1 unspecified atom stereocenters. The van der Waals surface area contributed by atoms with Crippen molar-refractivity contribution in [3.63, 3.8) is 0 Å².